The number of carboxylic acids is 1. The summed E-state index contributed by atoms with van der Waals surface area (Å²) in [4.78, 5) is 41.9. The van der Waals surface area contributed by atoms with E-state index in [4.69, 9.17) is 16.4 Å². The molecule has 8 nitrogen and oxygen atoms in total. The Labute approximate surface area is 186 Å². The van der Waals surface area contributed by atoms with Gasteiger partial charge in [-0.3, -0.25) is 14.5 Å². The van der Waals surface area contributed by atoms with Crippen molar-refractivity contribution >= 4 is 46.9 Å². The van der Waals surface area contributed by atoms with Crippen molar-refractivity contribution in [1.29, 1.82) is 0 Å². The number of nitrogens with zero attached hydrogens (tertiary/aromatic N) is 2. The molecular formula is C16H13ClN3NaO5S. The molecule has 2 amide bonds. The largest absolute Gasteiger partial charge is 1.00 e. The summed E-state index contributed by atoms with van der Waals surface area (Å²) in [6.07, 6.45) is 0. The number of halogens is 1. The summed E-state index contributed by atoms with van der Waals surface area (Å²) >= 11 is 7.14. The van der Waals surface area contributed by atoms with Crippen LogP contribution in [0, 0.1) is 0 Å². The van der Waals surface area contributed by atoms with Gasteiger partial charge >= 0.3 is 29.6 Å². The van der Waals surface area contributed by atoms with Crippen LogP contribution in [0.5, 0.6) is 0 Å². The first-order valence-electron chi connectivity index (χ1n) is 7.47. The van der Waals surface area contributed by atoms with E-state index in [9.17, 15) is 19.5 Å². The minimum Gasteiger partial charge on any atom is -0.543 e. The van der Waals surface area contributed by atoms with Crippen LogP contribution in [-0.2, 0) is 19.2 Å². The second-order valence-corrected chi connectivity index (χ2v) is 6.95. The average Bonchev–Trinajstić information content (AvgIpc) is 2.64. The third-order valence-electron chi connectivity index (χ3n) is 3.85. The Kier molecular flexibility index (Phi) is 7.35. The Bertz CT molecular complexity index is 833. The van der Waals surface area contributed by atoms with Crippen molar-refractivity contribution in [2.75, 3.05) is 12.9 Å². The van der Waals surface area contributed by atoms with Gasteiger partial charge in [0.2, 0.25) is 0 Å². The topological polar surface area (TPSA) is 111 Å². The molecule has 2 atom stereocenters. The van der Waals surface area contributed by atoms with Gasteiger partial charge in [-0.2, -0.15) is 0 Å². The molecule has 1 aromatic rings. The number of aliphatic carboxylic acids is 1. The normalized spacial score (nSPS) is 21.6. The van der Waals surface area contributed by atoms with Gasteiger partial charge in [0.05, 0.1) is 16.7 Å². The molecule has 0 unspecified atom stereocenters. The van der Waals surface area contributed by atoms with E-state index in [1.807, 2.05) is 0 Å². The van der Waals surface area contributed by atoms with Crippen molar-refractivity contribution in [2.24, 2.45) is 5.16 Å². The van der Waals surface area contributed by atoms with Crippen molar-refractivity contribution in [1.82, 2.24) is 10.2 Å². The first-order valence-corrected chi connectivity index (χ1v) is 8.90. The number of β-lactam (4-membered cyclic amide) rings is 1. The molecule has 0 bridgehead atoms. The van der Waals surface area contributed by atoms with Crippen molar-refractivity contribution < 1.29 is 53.9 Å². The van der Waals surface area contributed by atoms with Crippen LogP contribution in [-0.4, -0.2) is 52.7 Å². The molecule has 3 rings (SSSR count). The molecule has 136 valence electrons. The van der Waals surface area contributed by atoms with Crippen molar-refractivity contribution in [3.63, 3.8) is 0 Å². The van der Waals surface area contributed by atoms with Crippen LogP contribution in [0.25, 0.3) is 0 Å². The number of oxime groups is 1. The van der Waals surface area contributed by atoms with E-state index in [-0.39, 0.29) is 51.8 Å². The third-order valence-corrected chi connectivity index (χ3v) is 5.60. The number of nitrogens with one attached hydrogen (secondary N) is 1. The minimum absolute atomic E-state index is 0. The second kappa shape index (κ2) is 9.11. The van der Waals surface area contributed by atoms with E-state index in [2.05, 4.69) is 10.5 Å². The smallest absolute Gasteiger partial charge is 0.543 e. The van der Waals surface area contributed by atoms with Gasteiger partial charge in [0.1, 0.15) is 18.5 Å². The summed E-state index contributed by atoms with van der Waals surface area (Å²) in [5, 5.41) is 17.0. The maximum absolute atomic E-state index is 12.6. The molecule has 2 aliphatic rings. The molecule has 1 saturated heterocycles. The number of hydrogen-bond donors (Lipinski definition) is 1. The Morgan fingerprint density at radius 2 is 2.04 bits per heavy atom. The summed E-state index contributed by atoms with van der Waals surface area (Å²) < 4.78 is 0. The predicted molar refractivity (Wildman–Crippen MR) is 92.9 cm³/mol. The number of hydrogen-bond acceptors (Lipinski definition) is 7. The van der Waals surface area contributed by atoms with Gasteiger partial charge in [0.25, 0.3) is 11.8 Å². The van der Waals surface area contributed by atoms with Gasteiger partial charge < -0.3 is 20.1 Å². The minimum atomic E-state index is -1.52. The number of thioether (sulfide) groups is 1. The molecule has 1 N–H and O–H groups in total. The predicted octanol–water partition coefficient (Wildman–Crippen LogP) is -3.36. The summed E-state index contributed by atoms with van der Waals surface area (Å²) in [5.41, 5.74) is 0.179. The summed E-state index contributed by atoms with van der Waals surface area (Å²) in [6, 6.07) is 7.73. The molecule has 27 heavy (non-hydrogen) atoms. The van der Waals surface area contributed by atoms with Crippen molar-refractivity contribution in [3.05, 3.63) is 46.6 Å². The zero-order chi connectivity index (χ0) is 18.8. The monoisotopic (exact) mass is 417 g/mol. The van der Waals surface area contributed by atoms with Gasteiger partial charge in [-0.25, -0.2) is 0 Å². The zero-order valence-electron chi connectivity index (χ0n) is 14.5. The second-order valence-electron chi connectivity index (χ2n) is 5.39. The molecule has 0 spiro atoms. The molecule has 1 aromatic carbocycles. The number of rotatable bonds is 5. The fraction of sp³-hybridized carbons (Fsp3) is 0.250. The molecule has 1 fully saturated rings. The maximum atomic E-state index is 12.6. The molecule has 0 radical (unpaired) electrons. The number of fused-ring (bicyclic) bond motifs is 1. The molecule has 0 saturated carbocycles. The van der Waals surface area contributed by atoms with Crippen LogP contribution >= 0.6 is 23.4 Å². The van der Waals surface area contributed by atoms with Gasteiger partial charge in [-0.15, -0.1) is 11.8 Å². The van der Waals surface area contributed by atoms with Crippen molar-refractivity contribution in [2.45, 2.75) is 11.4 Å². The first kappa shape index (κ1) is 21.8. The number of benzene rings is 1. The number of carboxylic acid groups (broad SMARTS) is 1. The van der Waals surface area contributed by atoms with Gasteiger partial charge in [0, 0.05) is 11.3 Å². The van der Waals surface area contributed by atoms with Crippen LogP contribution in [0.15, 0.2) is 46.2 Å². The fourth-order valence-electron chi connectivity index (χ4n) is 2.69. The summed E-state index contributed by atoms with van der Waals surface area (Å²) in [5.74, 6) is -2.49. The van der Waals surface area contributed by atoms with E-state index in [0.29, 0.717) is 5.56 Å². The fourth-order valence-corrected chi connectivity index (χ4v) is 4.24. The van der Waals surface area contributed by atoms with Crippen LogP contribution in [0.3, 0.4) is 0 Å². The molecule has 2 aliphatic heterocycles. The van der Waals surface area contributed by atoms with E-state index in [1.165, 1.54) is 18.9 Å². The van der Waals surface area contributed by atoms with Crippen LogP contribution in [0.4, 0.5) is 0 Å². The van der Waals surface area contributed by atoms with Gasteiger partial charge in [-0.05, 0) is 0 Å². The van der Waals surface area contributed by atoms with Gasteiger partial charge in [-0.1, -0.05) is 47.1 Å². The number of carbonyl (C=O) groups is 3. The van der Waals surface area contributed by atoms with E-state index in [0.717, 1.165) is 4.90 Å². The van der Waals surface area contributed by atoms with Gasteiger partial charge in [0.15, 0.2) is 5.71 Å². The van der Waals surface area contributed by atoms with Crippen LogP contribution in [0.2, 0.25) is 0 Å². The SMILES string of the molecule is CO/N=C(\C(=O)N[C@@H]1C(=O)N2C(C(=O)[O-])=C(Cl)CS[C@H]12)c1ccccc1.[Na+]. The maximum Gasteiger partial charge on any atom is 1.00 e. The molecule has 11 heteroatoms. The molecule has 0 aliphatic carbocycles. The zero-order valence-corrected chi connectivity index (χ0v) is 18.0. The summed E-state index contributed by atoms with van der Waals surface area (Å²) in [6.45, 7) is 0. The quantitative estimate of drug-likeness (QED) is 0.232. The van der Waals surface area contributed by atoms with Crippen LogP contribution < -0.4 is 40.0 Å². The third kappa shape index (κ3) is 4.17. The average molecular weight is 418 g/mol. The molecule has 0 aromatic heterocycles. The molecule has 2 heterocycles. The van der Waals surface area contributed by atoms with E-state index < -0.39 is 29.2 Å². The Hall–Kier alpha value is -1.52. The number of carbonyl (C=O) groups excluding carboxylic acids is 3. The Morgan fingerprint density at radius 3 is 2.63 bits per heavy atom. The molecular weight excluding hydrogens is 405 g/mol. The Balaban J connectivity index is 0.00000261. The van der Waals surface area contributed by atoms with Crippen LogP contribution in [0.1, 0.15) is 5.56 Å². The van der Waals surface area contributed by atoms with E-state index >= 15 is 0 Å². The first-order chi connectivity index (χ1) is 12.5. The standard InChI is InChI=1S/C16H14ClN3O5S.Na/c1-25-19-10(8-5-3-2-4-6-8)13(21)18-11-14(22)20-12(16(23)24)9(17)7-26-15(11)20;/h2-6,11,15H,7H2,1H3,(H,18,21)(H,23,24);/q;+1/p-1/b19-10-;/t11-,15-;/m1./s1. The number of amides is 2. The summed E-state index contributed by atoms with van der Waals surface area (Å²) in [7, 11) is 1.31. The van der Waals surface area contributed by atoms with E-state index in [1.54, 1.807) is 30.3 Å². The van der Waals surface area contributed by atoms with Crippen molar-refractivity contribution in [3.8, 4) is 0 Å². The Morgan fingerprint density at radius 1 is 1.37 bits per heavy atom.